The van der Waals surface area contributed by atoms with Crippen LogP contribution in [0.2, 0.25) is 0 Å². The van der Waals surface area contributed by atoms with Gasteiger partial charge in [-0.25, -0.2) is 0 Å². The Morgan fingerprint density at radius 2 is 1.83 bits per heavy atom. The number of nitrogens with zero attached hydrogens (tertiary/aromatic N) is 1. The van der Waals surface area contributed by atoms with Gasteiger partial charge >= 0.3 is 0 Å². The van der Waals surface area contributed by atoms with Gasteiger partial charge in [0.15, 0.2) is 0 Å². The summed E-state index contributed by atoms with van der Waals surface area (Å²) in [6, 6.07) is 16.6. The Morgan fingerprint density at radius 1 is 1.11 bits per heavy atom. The molecule has 2 aromatic carbocycles. The van der Waals surface area contributed by atoms with Crippen LogP contribution in [0.3, 0.4) is 0 Å². The van der Waals surface area contributed by atoms with Gasteiger partial charge in [-0.3, -0.25) is 0 Å². The molecule has 0 spiro atoms. The molecule has 0 aliphatic heterocycles. The molecule has 2 rings (SSSR count). The van der Waals surface area contributed by atoms with Crippen molar-refractivity contribution in [1.82, 2.24) is 0 Å². The lowest BCUT2D eigenvalue weighted by atomic mass is 10.1. The quantitative estimate of drug-likeness (QED) is 0.729. The zero-order chi connectivity index (χ0) is 13.0. The summed E-state index contributed by atoms with van der Waals surface area (Å²) in [6.45, 7) is 0.876. The van der Waals surface area contributed by atoms with Gasteiger partial charge in [0.1, 0.15) is 0 Å². The van der Waals surface area contributed by atoms with Gasteiger partial charge in [0, 0.05) is 29.6 Å². The van der Waals surface area contributed by atoms with Crippen molar-refractivity contribution in [1.29, 1.82) is 0 Å². The minimum atomic E-state index is 0.530. The van der Waals surface area contributed by atoms with Crippen LogP contribution in [0.25, 0.3) is 0 Å². The van der Waals surface area contributed by atoms with E-state index < -0.39 is 0 Å². The molecule has 3 heteroatoms. The minimum Gasteiger partial charge on any atom is -0.370 e. The fourth-order valence-electron chi connectivity index (χ4n) is 1.95. The number of hydrogen-bond acceptors (Lipinski definition) is 1. The largest absolute Gasteiger partial charge is 0.370 e. The molecule has 0 heterocycles. The van der Waals surface area contributed by atoms with E-state index in [-0.39, 0.29) is 0 Å². The second kappa shape index (κ2) is 6.26. The molecule has 0 aliphatic carbocycles. The fourth-order valence-corrected chi connectivity index (χ4v) is 2.52. The predicted octanol–water partition coefficient (Wildman–Crippen LogP) is 4.82. The predicted molar refractivity (Wildman–Crippen MR) is 82.2 cm³/mol. The van der Waals surface area contributed by atoms with Gasteiger partial charge in [0.05, 0.1) is 0 Å². The van der Waals surface area contributed by atoms with Crippen LogP contribution in [-0.2, 0) is 12.4 Å². The summed E-state index contributed by atoms with van der Waals surface area (Å²) in [4.78, 5) is 2.22. The Kier molecular flexibility index (Phi) is 4.67. The highest BCUT2D eigenvalue weighted by Gasteiger charge is 2.08. The first kappa shape index (κ1) is 13.4. The van der Waals surface area contributed by atoms with Gasteiger partial charge < -0.3 is 4.90 Å². The SMILES string of the molecule is CN(Cc1ccccc1)c1cc(Br)ccc1CCl. The summed E-state index contributed by atoms with van der Waals surface area (Å²) in [5.74, 6) is 0.530. The van der Waals surface area contributed by atoms with E-state index in [4.69, 9.17) is 11.6 Å². The topological polar surface area (TPSA) is 3.24 Å². The van der Waals surface area contributed by atoms with E-state index in [1.54, 1.807) is 0 Å². The third kappa shape index (κ3) is 3.27. The van der Waals surface area contributed by atoms with E-state index >= 15 is 0 Å². The van der Waals surface area contributed by atoms with Crippen molar-refractivity contribution < 1.29 is 0 Å². The van der Waals surface area contributed by atoms with Crippen molar-refractivity contribution in [3.8, 4) is 0 Å². The van der Waals surface area contributed by atoms with Crippen LogP contribution >= 0.6 is 27.5 Å². The molecule has 0 unspecified atom stereocenters. The summed E-state index contributed by atoms with van der Waals surface area (Å²) in [7, 11) is 2.09. The van der Waals surface area contributed by atoms with Crippen molar-refractivity contribution in [3.63, 3.8) is 0 Å². The summed E-state index contributed by atoms with van der Waals surface area (Å²) >= 11 is 9.50. The molecule has 18 heavy (non-hydrogen) atoms. The molecule has 0 atom stereocenters. The Bertz CT molecular complexity index is 513. The molecule has 0 N–H and O–H groups in total. The molecular weight excluding hydrogens is 310 g/mol. The van der Waals surface area contributed by atoms with E-state index in [1.165, 1.54) is 11.3 Å². The van der Waals surface area contributed by atoms with Crippen LogP contribution in [-0.4, -0.2) is 7.05 Å². The van der Waals surface area contributed by atoms with Crippen molar-refractivity contribution in [2.45, 2.75) is 12.4 Å². The fraction of sp³-hybridized carbons (Fsp3) is 0.200. The molecule has 1 nitrogen and oxygen atoms in total. The molecule has 94 valence electrons. The highest BCUT2D eigenvalue weighted by atomic mass is 79.9. The zero-order valence-electron chi connectivity index (χ0n) is 10.2. The first-order valence-electron chi connectivity index (χ1n) is 5.80. The summed E-state index contributed by atoms with van der Waals surface area (Å²) in [5.41, 5.74) is 3.61. The summed E-state index contributed by atoms with van der Waals surface area (Å²) < 4.78 is 1.08. The molecule has 0 aliphatic rings. The number of alkyl halides is 1. The Morgan fingerprint density at radius 3 is 2.50 bits per heavy atom. The highest BCUT2D eigenvalue weighted by molar-refractivity contribution is 9.10. The van der Waals surface area contributed by atoms with Crippen LogP contribution in [0.15, 0.2) is 53.0 Å². The van der Waals surface area contributed by atoms with Crippen molar-refractivity contribution >= 4 is 33.2 Å². The second-order valence-corrected chi connectivity index (χ2v) is 5.43. The van der Waals surface area contributed by atoms with E-state index in [1.807, 2.05) is 12.1 Å². The summed E-state index contributed by atoms with van der Waals surface area (Å²) in [5, 5.41) is 0. The van der Waals surface area contributed by atoms with Crippen molar-refractivity contribution in [2.24, 2.45) is 0 Å². The van der Waals surface area contributed by atoms with Crippen LogP contribution in [0, 0.1) is 0 Å². The lowest BCUT2D eigenvalue weighted by Gasteiger charge is -2.22. The average molecular weight is 325 g/mol. The lowest BCUT2D eigenvalue weighted by molar-refractivity contribution is 0.915. The van der Waals surface area contributed by atoms with Gasteiger partial charge in [0.25, 0.3) is 0 Å². The maximum absolute atomic E-state index is 5.99. The zero-order valence-corrected chi connectivity index (χ0v) is 12.6. The molecule has 0 aromatic heterocycles. The number of hydrogen-bond donors (Lipinski definition) is 0. The first-order valence-corrected chi connectivity index (χ1v) is 7.13. The Hall–Kier alpha value is -0.990. The standard InChI is InChI=1S/C15H15BrClN/c1-18(11-12-5-3-2-4-6-12)15-9-14(16)8-7-13(15)10-17/h2-9H,10-11H2,1H3. The van der Waals surface area contributed by atoms with E-state index in [2.05, 4.69) is 64.3 Å². The number of anilines is 1. The van der Waals surface area contributed by atoms with Crippen LogP contribution in [0.1, 0.15) is 11.1 Å². The van der Waals surface area contributed by atoms with Gasteiger partial charge in [0.2, 0.25) is 0 Å². The maximum Gasteiger partial charge on any atom is 0.0494 e. The monoisotopic (exact) mass is 323 g/mol. The smallest absolute Gasteiger partial charge is 0.0494 e. The van der Waals surface area contributed by atoms with Crippen LogP contribution in [0.5, 0.6) is 0 Å². The maximum atomic E-state index is 5.99. The lowest BCUT2D eigenvalue weighted by Crippen LogP contribution is -2.17. The molecule has 0 saturated carbocycles. The minimum absolute atomic E-state index is 0.530. The van der Waals surface area contributed by atoms with Crippen LogP contribution in [0.4, 0.5) is 5.69 Å². The van der Waals surface area contributed by atoms with Crippen molar-refractivity contribution in [2.75, 3.05) is 11.9 Å². The first-order chi connectivity index (χ1) is 8.70. The summed E-state index contributed by atoms with van der Waals surface area (Å²) in [6.07, 6.45) is 0. The Balaban J connectivity index is 2.23. The van der Waals surface area contributed by atoms with E-state index in [0.29, 0.717) is 5.88 Å². The molecular formula is C15H15BrClN. The molecule has 0 amide bonds. The molecule has 2 aromatic rings. The van der Waals surface area contributed by atoms with E-state index in [0.717, 1.165) is 16.6 Å². The average Bonchev–Trinajstić information content (AvgIpc) is 2.40. The van der Waals surface area contributed by atoms with Gasteiger partial charge in [-0.1, -0.05) is 52.3 Å². The van der Waals surface area contributed by atoms with Gasteiger partial charge in [-0.2, -0.15) is 0 Å². The normalized spacial score (nSPS) is 10.4. The molecule has 0 radical (unpaired) electrons. The van der Waals surface area contributed by atoms with Gasteiger partial charge in [-0.15, -0.1) is 11.6 Å². The second-order valence-electron chi connectivity index (χ2n) is 4.25. The van der Waals surface area contributed by atoms with E-state index in [9.17, 15) is 0 Å². The third-order valence-electron chi connectivity index (χ3n) is 2.87. The number of benzene rings is 2. The Labute approximate surface area is 122 Å². The molecule has 0 bridgehead atoms. The van der Waals surface area contributed by atoms with Gasteiger partial charge in [-0.05, 0) is 23.3 Å². The number of halogens is 2. The van der Waals surface area contributed by atoms with Crippen molar-refractivity contribution in [3.05, 3.63) is 64.1 Å². The third-order valence-corrected chi connectivity index (χ3v) is 3.65. The number of rotatable bonds is 4. The molecule has 0 saturated heterocycles. The van der Waals surface area contributed by atoms with Crippen LogP contribution < -0.4 is 4.90 Å². The highest BCUT2D eigenvalue weighted by Crippen LogP contribution is 2.26. The molecule has 0 fully saturated rings.